The van der Waals surface area contributed by atoms with E-state index in [2.05, 4.69) is 6.58 Å². The predicted octanol–water partition coefficient (Wildman–Crippen LogP) is 2.45. The van der Waals surface area contributed by atoms with Crippen molar-refractivity contribution in [3.63, 3.8) is 0 Å². The highest BCUT2D eigenvalue weighted by Gasteiger charge is 2.79. The molecule has 5 rings (SSSR count). The fourth-order valence-electron chi connectivity index (χ4n) is 4.98. The van der Waals surface area contributed by atoms with Crippen molar-refractivity contribution >= 4 is 18.2 Å². The maximum Gasteiger partial charge on any atom is 0.345 e. The summed E-state index contributed by atoms with van der Waals surface area (Å²) in [6, 6.07) is 1.71. The number of ether oxygens (including phenoxy) is 4. The van der Waals surface area contributed by atoms with Gasteiger partial charge in [-0.3, -0.25) is 9.59 Å². The van der Waals surface area contributed by atoms with E-state index in [-0.39, 0.29) is 12.0 Å². The van der Waals surface area contributed by atoms with Gasteiger partial charge in [0.05, 0.1) is 5.56 Å². The second-order valence-corrected chi connectivity index (χ2v) is 9.02. The van der Waals surface area contributed by atoms with Gasteiger partial charge in [-0.25, -0.2) is 4.79 Å². The Morgan fingerprint density at radius 1 is 1.33 bits per heavy atom. The summed E-state index contributed by atoms with van der Waals surface area (Å²) in [5, 5.41) is 0. The number of furan rings is 1. The Kier molecular flexibility index (Phi) is 4.08. The quantitative estimate of drug-likeness (QED) is 0.320. The molecule has 3 saturated heterocycles. The Morgan fingerprint density at radius 2 is 2.10 bits per heavy atom. The van der Waals surface area contributed by atoms with Crippen molar-refractivity contribution in [3.8, 4) is 0 Å². The van der Waals surface area contributed by atoms with Crippen LogP contribution in [0, 0.1) is 5.92 Å². The predicted molar refractivity (Wildman–Crippen MR) is 101 cm³/mol. The van der Waals surface area contributed by atoms with Crippen LogP contribution in [0.4, 0.5) is 0 Å². The molecule has 0 radical (unpaired) electrons. The third-order valence-corrected chi connectivity index (χ3v) is 6.75. The first kappa shape index (κ1) is 19.5. The highest BCUT2D eigenvalue weighted by molar-refractivity contribution is 5.88. The van der Waals surface area contributed by atoms with Crippen LogP contribution in [0.15, 0.2) is 22.6 Å². The minimum absolute atomic E-state index is 0.203. The fourth-order valence-corrected chi connectivity index (χ4v) is 4.98. The molecule has 160 valence electrons. The van der Waals surface area contributed by atoms with E-state index in [0.29, 0.717) is 36.3 Å². The zero-order chi connectivity index (χ0) is 21.4. The molecule has 1 aromatic rings. The van der Waals surface area contributed by atoms with E-state index in [9.17, 15) is 14.4 Å². The number of hydrogen-bond donors (Lipinski definition) is 0. The number of allylic oxidation sites excluding steroid dienone is 1. The maximum absolute atomic E-state index is 12.8. The number of carbonyl (C=O) groups excluding carboxylic acids is 3. The highest BCUT2D eigenvalue weighted by Crippen LogP contribution is 2.59. The Bertz CT molecular complexity index is 962. The first-order valence-electron chi connectivity index (χ1n) is 10.1. The summed E-state index contributed by atoms with van der Waals surface area (Å²) in [5.74, 6) is -0.0990. The van der Waals surface area contributed by atoms with E-state index in [4.69, 9.17) is 23.4 Å². The van der Waals surface area contributed by atoms with Gasteiger partial charge in [0.1, 0.15) is 41.5 Å². The van der Waals surface area contributed by atoms with Gasteiger partial charge >= 0.3 is 11.9 Å². The third kappa shape index (κ3) is 2.77. The van der Waals surface area contributed by atoms with Gasteiger partial charge in [0, 0.05) is 19.8 Å². The molecule has 0 N–H and O–H groups in total. The molecule has 0 aromatic carbocycles. The molecular weight excluding hydrogens is 392 g/mol. The minimum atomic E-state index is -1.29. The molecule has 0 saturated carbocycles. The van der Waals surface area contributed by atoms with Crippen LogP contribution in [0.1, 0.15) is 61.6 Å². The molecule has 5 heterocycles. The summed E-state index contributed by atoms with van der Waals surface area (Å²) in [6.45, 7) is 9.13. The Labute approximate surface area is 173 Å². The monoisotopic (exact) mass is 416 g/mol. The van der Waals surface area contributed by atoms with Crippen molar-refractivity contribution in [2.75, 3.05) is 0 Å². The molecular formula is C22H24O8. The summed E-state index contributed by atoms with van der Waals surface area (Å²) < 4.78 is 29.0. The minimum Gasteiger partial charge on any atom is -0.462 e. The van der Waals surface area contributed by atoms with Crippen molar-refractivity contribution < 1.29 is 37.7 Å². The molecule has 7 atom stereocenters. The molecule has 0 aliphatic carbocycles. The van der Waals surface area contributed by atoms with E-state index in [1.165, 1.54) is 6.92 Å². The topological polar surface area (TPSA) is 108 Å². The number of hydrogen-bond acceptors (Lipinski definition) is 8. The average Bonchev–Trinajstić information content (AvgIpc) is 3.49. The molecule has 8 nitrogen and oxygen atoms in total. The van der Waals surface area contributed by atoms with Crippen molar-refractivity contribution in [3.05, 3.63) is 35.3 Å². The van der Waals surface area contributed by atoms with Crippen LogP contribution in [0.2, 0.25) is 0 Å². The lowest BCUT2D eigenvalue weighted by Crippen LogP contribution is -2.42. The fraction of sp³-hybridized carbons (Fsp3) is 0.591. The van der Waals surface area contributed by atoms with Gasteiger partial charge in [0.15, 0.2) is 6.29 Å². The number of fused-ring (bicyclic) bond motifs is 4. The van der Waals surface area contributed by atoms with E-state index in [1.54, 1.807) is 6.07 Å². The van der Waals surface area contributed by atoms with Gasteiger partial charge in [0.25, 0.3) is 0 Å². The molecule has 4 aliphatic heterocycles. The van der Waals surface area contributed by atoms with Crippen molar-refractivity contribution in [1.82, 2.24) is 0 Å². The number of rotatable bonds is 3. The number of aldehydes is 1. The van der Waals surface area contributed by atoms with Crippen LogP contribution < -0.4 is 0 Å². The summed E-state index contributed by atoms with van der Waals surface area (Å²) in [5.41, 5.74) is -0.606. The Balaban J connectivity index is 1.57. The van der Waals surface area contributed by atoms with Crippen molar-refractivity contribution in [2.24, 2.45) is 5.92 Å². The molecule has 8 heteroatoms. The van der Waals surface area contributed by atoms with Gasteiger partial charge < -0.3 is 23.4 Å². The smallest absolute Gasteiger partial charge is 0.345 e. The molecule has 4 aliphatic rings. The largest absolute Gasteiger partial charge is 0.462 e. The summed E-state index contributed by atoms with van der Waals surface area (Å²) in [6.07, 6.45) is -0.277. The molecule has 0 spiro atoms. The van der Waals surface area contributed by atoms with Gasteiger partial charge in [-0.2, -0.15) is 0 Å². The average molecular weight is 416 g/mol. The van der Waals surface area contributed by atoms with Gasteiger partial charge in [0.2, 0.25) is 5.60 Å². The zero-order valence-electron chi connectivity index (χ0n) is 17.1. The summed E-state index contributed by atoms with van der Waals surface area (Å²) >= 11 is 0. The Morgan fingerprint density at radius 3 is 2.73 bits per heavy atom. The second kappa shape index (κ2) is 6.28. The van der Waals surface area contributed by atoms with Crippen LogP contribution in [0.3, 0.4) is 0 Å². The lowest BCUT2D eigenvalue weighted by molar-refractivity contribution is -0.165. The highest BCUT2D eigenvalue weighted by atomic mass is 16.7. The van der Waals surface area contributed by atoms with E-state index in [1.807, 2.05) is 13.8 Å². The molecule has 0 amide bonds. The van der Waals surface area contributed by atoms with Gasteiger partial charge in [-0.15, -0.1) is 0 Å². The third-order valence-electron chi connectivity index (χ3n) is 6.75. The van der Waals surface area contributed by atoms with Gasteiger partial charge in [-0.1, -0.05) is 12.2 Å². The SMILES string of the molecule is C=C(C)[C@@H]1Cc2oc(cc2C=O)[C@@H]2O[C@]2(C)C[C@@H]2OC(=O)[C@]3(O[C@@H]23)[C@@H](OC(C)=O)C1. The maximum atomic E-state index is 12.8. The van der Waals surface area contributed by atoms with Crippen LogP contribution in [0.25, 0.3) is 0 Å². The van der Waals surface area contributed by atoms with Crippen LogP contribution in [-0.2, 0) is 35.0 Å². The van der Waals surface area contributed by atoms with Crippen LogP contribution in [-0.4, -0.2) is 47.7 Å². The zero-order valence-corrected chi connectivity index (χ0v) is 17.1. The first-order chi connectivity index (χ1) is 14.2. The molecule has 0 unspecified atom stereocenters. The molecule has 1 aromatic heterocycles. The van der Waals surface area contributed by atoms with E-state index in [0.717, 1.165) is 11.9 Å². The lowest BCUT2D eigenvalue weighted by atomic mass is 9.83. The molecule has 3 fully saturated rings. The normalized spacial score (nSPS) is 41.2. The first-order valence-corrected chi connectivity index (χ1v) is 10.1. The number of carbonyl (C=O) groups is 3. The summed E-state index contributed by atoms with van der Waals surface area (Å²) in [7, 11) is 0. The van der Waals surface area contributed by atoms with Crippen LogP contribution >= 0.6 is 0 Å². The van der Waals surface area contributed by atoms with E-state index >= 15 is 0 Å². The van der Waals surface area contributed by atoms with Gasteiger partial charge in [-0.05, 0) is 32.3 Å². The second-order valence-electron chi connectivity index (χ2n) is 9.02. The van der Waals surface area contributed by atoms with Crippen molar-refractivity contribution in [1.29, 1.82) is 0 Å². The molecule has 30 heavy (non-hydrogen) atoms. The van der Waals surface area contributed by atoms with Crippen molar-refractivity contribution in [2.45, 2.75) is 75.7 Å². The molecule has 4 bridgehead atoms. The Hall–Kier alpha value is -2.45. The van der Waals surface area contributed by atoms with Crippen LogP contribution in [0.5, 0.6) is 0 Å². The van der Waals surface area contributed by atoms with E-state index < -0.39 is 41.5 Å². The number of epoxide rings is 2. The summed E-state index contributed by atoms with van der Waals surface area (Å²) in [4.78, 5) is 36.3. The standard InChI is InChI=1S/C22H24O8/c1-10(2)12-5-14-13(9-23)6-15(27-14)18-21(4,29-18)8-16-19-22(30-19,20(25)28-16)17(7-12)26-11(3)24/h6,9,12,16-19H,1,5,7-8H2,2-4H3/t12-,16+,17+,18+,19+,21-,22+/m1/s1. The number of esters is 2. The lowest BCUT2D eigenvalue weighted by Gasteiger charge is -2.26.